The van der Waals surface area contributed by atoms with Crippen LogP contribution in [0.15, 0.2) is 82.3 Å². The Kier molecular flexibility index (Phi) is 9.68. The Morgan fingerprint density at radius 2 is 1.66 bits per heavy atom. The number of carbonyl (C=O) groups is 4. The van der Waals surface area contributed by atoms with Gasteiger partial charge in [-0.15, -0.1) is 11.8 Å². The molecule has 0 saturated carbocycles. The van der Waals surface area contributed by atoms with Gasteiger partial charge in [0.15, 0.2) is 0 Å². The van der Waals surface area contributed by atoms with Gasteiger partial charge < -0.3 is 24.8 Å². The lowest BCUT2D eigenvalue weighted by atomic mass is 9.90. The number of carboxylic acids is 1. The topological polar surface area (TPSA) is 114 Å². The Morgan fingerprint density at radius 1 is 0.979 bits per heavy atom. The van der Waals surface area contributed by atoms with Crippen LogP contribution < -0.4 is 0 Å². The molecule has 2 saturated heterocycles. The number of carboxylic acid groups (broad SMARTS) is 1. The summed E-state index contributed by atoms with van der Waals surface area (Å²) in [5, 5.41) is 10.5. The number of fused-ring (bicyclic) bond motifs is 1. The lowest BCUT2D eigenvalue weighted by molar-refractivity contribution is -0.143. The van der Waals surface area contributed by atoms with E-state index in [1.165, 1.54) is 11.8 Å². The molecule has 47 heavy (non-hydrogen) atoms. The molecule has 4 aromatic rings. The number of thioether (sulfide) groups is 1. The van der Waals surface area contributed by atoms with Crippen molar-refractivity contribution in [2.24, 2.45) is 0 Å². The van der Waals surface area contributed by atoms with Crippen molar-refractivity contribution in [2.75, 3.05) is 26.2 Å². The highest BCUT2D eigenvalue weighted by Crippen LogP contribution is 2.55. The first-order chi connectivity index (χ1) is 22.5. The van der Waals surface area contributed by atoms with Crippen molar-refractivity contribution in [2.45, 2.75) is 48.4 Å². The van der Waals surface area contributed by atoms with Crippen molar-refractivity contribution >= 4 is 73.9 Å². The molecule has 2 atom stereocenters. The van der Waals surface area contributed by atoms with Crippen molar-refractivity contribution in [3.05, 3.63) is 99.1 Å². The van der Waals surface area contributed by atoms with Crippen LogP contribution in [0, 0.1) is 6.92 Å². The molecule has 2 N–H and O–H groups in total. The van der Waals surface area contributed by atoms with E-state index >= 15 is 4.79 Å². The van der Waals surface area contributed by atoms with Gasteiger partial charge in [0.1, 0.15) is 4.75 Å². The average molecular weight is 738 g/mol. The quantitative estimate of drug-likeness (QED) is 0.205. The highest BCUT2D eigenvalue weighted by molar-refractivity contribution is 9.10. The van der Waals surface area contributed by atoms with E-state index in [0.29, 0.717) is 24.7 Å². The van der Waals surface area contributed by atoms with Crippen LogP contribution in [0.1, 0.15) is 42.0 Å². The summed E-state index contributed by atoms with van der Waals surface area (Å²) in [5.74, 6) is -1.56. The molecule has 2 aliphatic rings. The minimum Gasteiger partial charge on any atom is -0.481 e. The number of carbonyl (C=O) groups excluding carboxylic acids is 3. The maximum absolute atomic E-state index is 15.1. The number of H-pyrrole nitrogens is 1. The molecule has 2 fully saturated rings. The number of benzene rings is 3. The predicted molar refractivity (Wildman–Crippen MR) is 185 cm³/mol. The number of amides is 3. The van der Waals surface area contributed by atoms with Gasteiger partial charge in [-0.25, -0.2) is 0 Å². The number of aliphatic carboxylic acids is 1. The van der Waals surface area contributed by atoms with Crippen molar-refractivity contribution in [3.8, 4) is 0 Å². The van der Waals surface area contributed by atoms with E-state index in [9.17, 15) is 14.4 Å². The maximum Gasteiger partial charge on any atom is 0.303 e. The molecular formula is C35H34BrClN4O5S. The van der Waals surface area contributed by atoms with Gasteiger partial charge in [0, 0.05) is 76.2 Å². The van der Waals surface area contributed by atoms with Gasteiger partial charge >= 0.3 is 5.97 Å². The highest BCUT2D eigenvalue weighted by atomic mass is 79.9. The molecule has 3 aromatic carbocycles. The van der Waals surface area contributed by atoms with Crippen LogP contribution in [0.5, 0.6) is 0 Å². The number of nitrogens with one attached hydrogen (secondary N) is 1. The molecule has 12 heteroatoms. The third kappa shape index (κ3) is 6.93. The van der Waals surface area contributed by atoms with Crippen LogP contribution in [0.3, 0.4) is 0 Å². The molecule has 9 nitrogen and oxygen atoms in total. The van der Waals surface area contributed by atoms with Crippen LogP contribution in [0.25, 0.3) is 10.9 Å². The van der Waals surface area contributed by atoms with Gasteiger partial charge in [-0.2, -0.15) is 0 Å². The van der Waals surface area contributed by atoms with E-state index in [4.69, 9.17) is 16.7 Å². The summed E-state index contributed by atoms with van der Waals surface area (Å²) in [6.07, 6.45) is 1.56. The fourth-order valence-corrected chi connectivity index (χ4v) is 8.40. The molecule has 1 aromatic heterocycles. The lowest BCUT2D eigenvalue weighted by Crippen LogP contribution is -2.57. The summed E-state index contributed by atoms with van der Waals surface area (Å²) >= 11 is 11.3. The van der Waals surface area contributed by atoms with E-state index in [-0.39, 0.29) is 50.1 Å². The Morgan fingerprint density at radius 3 is 2.34 bits per heavy atom. The van der Waals surface area contributed by atoms with Crippen molar-refractivity contribution in [1.29, 1.82) is 0 Å². The second kappa shape index (κ2) is 13.7. The van der Waals surface area contributed by atoms with Crippen molar-refractivity contribution in [1.82, 2.24) is 19.7 Å². The maximum atomic E-state index is 15.1. The summed E-state index contributed by atoms with van der Waals surface area (Å²) in [6, 6.07) is 20.7. The van der Waals surface area contributed by atoms with Crippen molar-refractivity contribution in [3.63, 3.8) is 0 Å². The lowest BCUT2D eigenvalue weighted by Gasteiger charge is -2.42. The molecule has 2 aliphatic heterocycles. The van der Waals surface area contributed by atoms with E-state index in [1.807, 2.05) is 84.8 Å². The second-order valence-electron chi connectivity index (χ2n) is 12.0. The number of hydrogen-bond donors (Lipinski definition) is 2. The molecule has 244 valence electrons. The van der Waals surface area contributed by atoms with Gasteiger partial charge in [0.05, 0.1) is 18.9 Å². The predicted octanol–water partition coefficient (Wildman–Crippen LogP) is 6.43. The minimum absolute atomic E-state index is 0.0103. The molecule has 0 bridgehead atoms. The van der Waals surface area contributed by atoms with Crippen LogP contribution in [0.2, 0.25) is 5.02 Å². The van der Waals surface area contributed by atoms with Gasteiger partial charge in [-0.3, -0.25) is 19.2 Å². The first kappa shape index (κ1) is 33.1. The van der Waals surface area contributed by atoms with Gasteiger partial charge in [-0.1, -0.05) is 63.4 Å². The zero-order valence-electron chi connectivity index (χ0n) is 25.7. The largest absolute Gasteiger partial charge is 0.481 e. The number of piperazine rings is 1. The Hall–Kier alpha value is -3.80. The molecule has 0 spiro atoms. The monoisotopic (exact) mass is 736 g/mol. The third-order valence-corrected chi connectivity index (χ3v) is 11.1. The number of aromatic amines is 1. The third-order valence-electron chi connectivity index (χ3n) is 8.88. The number of hydrogen-bond acceptors (Lipinski definition) is 5. The van der Waals surface area contributed by atoms with Crippen LogP contribution in [0.4, 0.5) is 0 Å². The molecule has 3 heterocycles. The smallest absolute Gasteiger partial charge is 0.303 e. The number of halogens is 2. The fraction of sp³-hybridized carbons (Fsp3) is 0.314. The second-order valence-corrected chi connectivity index (χ2v) is 14.8. The summed E-state index contributed by atoms with van der Waals surface area (Å²) < 4.78 is -0.300. The van der Waals surface area contributed by atoms with Crippen LogP contribution >= 0.6 is 39.3 Å². The summed E-state index contributed by atoms with van der Waals surface area (Å²) in [7, 11) is 0. The first-order valence-electron chi connectivity index (χ1n) is 15.4. The number of nitrogens with zero attached hydrogens (tertiary/aromatic N) is 3. The van der Waals surface area contributed by atoms with Gasteiger partial charge in [0.25, 0.3) is 0 Å². The average Bonchev–Trinajstić information content (AvgIpc) is 3.58. The SMILES string of the molecule is Cc1ccc(S[C@@]2(C(=O)N3CCN(C(=O)CCC(=O)O)CC3)CC(=O)N(Cc3ccc(Br)cc3)C2c2c[nH]c3cc(Cl)ccc23)cc1. The summed E-state index contributed by atoms with van der Waals surface area (Å²) in [4.78, 5) is 62.5. The van der Waals surface area contributed by atoms with Gasteiger partial charge in [-0.05, 0) is 48.9 Å². The van der Waals surface area contributed by atoms with E-state index < -0.39 is 16.8 Å². The molecule has 1 unspecified atom stereocenters. The molecule has 6 rings (SSSR count). The van der Waals surface area contributed by atoms with Crippen molar-refractivity contribution < 1.29 is 24.3 Å². The van der Waals surface area contributed by atoms with E-state index in [1.54, 1.807) is 9.80 Å². The normalized spacial score (nSPS) is 19.9. The number of rotatable bonds is 9. The zero-order chi connectivity index (χ0) is 33.3. The Labute approximate surface area is 290 Å². The molecule has 0 aliphatic carbocycles. The Balaban J connectivity index is 1.42. The van der Waals surface area contributed by atoms with E-state index in [2.05, 4.69) is 20.9 Å². The van der Waals surface area contributed by atoms with Crippen LogP contribution in [-0.2, 0) is 25.7 Å². The fourth-order valence-electron chi connectivity index (χ4n) is 6.49. The summed E-state index contributed by atoms with van der Waals surface area (Å²) in [6.45, 7) is 3.47. The number of likely N-dealkylation sites (tertiary alicyclic amines) is 1. The van der Waals surface area contributed by atoms with Gasteiger partial charge in [0.2, 0.25) is 17.7 Å². The number of aromatic nitrogens is 1. The summed E-state index contributed by atoms with van der Waals surface area (Å²) in [5.41, 5.74) is 3.66. The minimum atomic E-state index is -1.23. The Bertz CT molecular complexity index is 1820. The zero-order valence-corrected chi connectivity index (χ0v) is 28.9. The van der Waals surface area contributed by atoms with Crippen LogP contribution in [-0.4, -0.2) is 79.4 Å². The molecule has 0 radical (unpaired) electrons. The first-order valence-corrected chi connectivity index (χ1v) is 17.4. The highest BCUT2D eigenvalue weighted by Gasteiger charge is 2.59. The number of aryl methyl sites for hydroxylation is 1. The molecular weight excluding hydrogens is 704 g/mol. The standard InChI is InChI=1S/C35H34BrClN4O5S/c1-22-2-9-26(10-3-22)47-35(34(46)40-16-14-39(15-17-40)30(42)12-13-32(44)45)19-31(43)41(21-23-4-6-24(36)7-5-23)33(35)28-20-38-29-18-25(37)8-11-27(28)29/h2-11,18,20,33,38H,12-17,19,21H2,1H3,(H,44,45)/t33?,35-/m0/s1. The van der Waals surface area contributed by atoms with E-state index in [0.717, 1.165) is 37.0 Å². The molecule has 3 amide bonds.